The number of aliphatic hydroxyl groups is 1. The number of nitrogens with one attached hydrogen (secondary N) is 2. The van der Waals surface area contributed by atoms with Gasteiger partial charge in [-0.3, -0.25) is 4.90 Å². The Morgan fingerprint density at radius 3 is 2.14 bits per heavy atom. The summed E-state index contributed by atoms with van der Waals surface area (Å²) in [6.07, 6.45) is 3.52. The van der Waals surface area contributed by atoms with Crippen molar-refractivity contribution in [3.63, 3.8) is 0 Å². The van der Waals surface area contributed by atoms with E-state index in [0.29, 0.717) is 18.0 Å². The van der Waals surface area contributed by atoms with E-state index in [4.69, 9.17) is 14.2 Å². The molecule has 0 saturated carbocycles. The number of aliphatic hydroxyl groups excluding tert-OH is 1. The van der Waals surface area contributed by atoms with Gasteiger partial charge in [0.1, 0.15) is 11.5 Å². The summed E-state index contributed by atoms with van der Waals surface area (Å²) in [5.41, 5.74) is 4.44. The summed E-state index contributed by atoms with van der Waals surface area (Å²) >= 11 is 0. The summed E-state index contributed by atoms with van der Waals surface area (Å²) in [7, 11) is 0. The SMILES string of the molecule is O=C(NCc1ccc(C2OC(CN3CCN(c4ncccn4)CC3)CC(c3ccc(CO)cc3)O2)cc1)Nc1ccc(Oc2ccccc2)cc1. The Labute approximate surface area is 297 Å². The van der Waals surface area contributed by atoms with Gasteiger partial charge in [-0.15, -0.1) is 0 Å². The molecule has 7 rings (SSSR count). The van der Waals surface area contributed by atoms with Crippen LogP contribution in [0.1, 0.15) is 41.1 Å². The number of carbonyl (C=O) groups excluding carboxylic acids is 1. The highest BCUT2D eigenvalue weighted by atomic mass is 16.7. The fourth-order valence-corrected chi connectivity index (χ4v) is 6.29. The number of piperazine rings is 1. The summed E-state index contributed by atoms with van der Waals surface area (Å²) in [5.74, 6) is 2.21. The van der Waals surface area contributed by atoms with Crippen LogP contribution in [0, 0.1) is 0 Å². The highest BCUT2D eigenvalue weighted by Crippen LogP contribution is 2.38. The van der Waals surface area contributed by atoms with E-state index in [9.17, 15) is 9.90 Å². The third-order valence-corrected chi connectivity index (χ3v) is 9.08. The van der Waals surface area contributed by atoms with Gasteiger partial charge in [0, 0.05) is 69.3 Å². The summed E-state index contributed by atoms with van der Waals surface area (Å²) < 4.78 is 19.0. The number of anilines is 2. The van der Waals surface area contributed by atoms with Crippen molar-refractivity contribution in [2.75, 3.05) is 42.9 Å². The van der Waals surface area contributed by atoms with Crippen LogP contribution in [-0.4, -0.2) is 64.8 Å². The van der Waals surface area contributed by atoms with E-state index >= 15 is 0 Å². The van der Waals surface area contributed by atoms with Crippen LogP contribution in [0.2, 0.25) is 0 Å². The summed E-state index contributed by atoms with van der Waals surface area (Å²) in [6, 6.07) is 34.2. The zero-order valence-corrected chi connectivity index (χ0v) is 28.3. The van der Waals surface area contributed by atoms with E-state index < -0.39 is 6.29 Å². The van der Waals surface area contributed by atoms with Gasteiger partial charge in [0.15, 0.2) is 6.29 Å². The van der Waals surface area contributed by atoms with Crippen molar-refractivity contribution in [3.8, 4) is 11.5 Å². The third kappa shape index (κ3) is 9.27. The average molecular weight is 687 g/mol. The number of aromatic nitrogens is 2. The van der Waals surface area contributed by atoms with Crippen LogP contribution in [0.3, 0.4) is 0 Å². The van der Waals surface area contributed by atoms with Crippen LogP contribution >= 0.6 is 0 Å². The molecule has 0 spiro atoms. The Kier molecular flexibility index (Phi) is 11.1. The predicted octanol–water partition coefficient (Wildman–Crippen LogP) is 6.45. The van der Waals surface area contributed by atoms with Crippen LogP contribution in [0.4, 0.5) is 16.4 Å². The molecule has 0 bridgehead atoms. The standard InChI is InChI=1S/C40H42N6O5/c47-28-30-9-11-31(12-10-30)37-25-36(27-45-21-23-46(24-22-45)39-41-19-4-20-42-39)50-38(51-37)32-13-7-29(8-14-32)26-43-40(48)44-33-15-17-35(18-16-33)49-34-5-2-1-3-6-34/h1-20,36-38,47H,21-28H2,(H2,43,44,48). The second-order valence-corrected chi connectivity index (χ2v) is 12.7. The molecule has 0 aliphatic carbocycles. The van der Waals surface area contributed by atoms with Gasteiger partial charge < -0.3 is 34.9 Å². The Bertz CT molecular complexity index is 1820. The van der Waals surface area contributed by atoms with Crippen LogP contribution in [0.25, 0.3) is 0 Å². The molecule has 11 nitrogen and oxygen atoms in total. The maximum Gasteiger partial charge on any atom is 0.319 e. The fourth-order valence-electron chi connectivity index (χ4n) is 6.29. The van der Waals surface area contributed by atoms with E-state index in [2.05, 4.69) is 30.4 Å². The molecule has 2 aliphatic heterocycles. The first-order chi connectivity index (χ1) is 25.1. The molecule has 2 fully saturated rings. The van der Waals surface area contributed by atoms with Crippen LogP contribution < -0.4 is 20.3 Å². The molecule has 0 radical (unpaired) electrons. The quantitative estimate of drug-likeness (QED) is 0.144. The van der Waals surface area contributed by atoms with Crippen molar-refractivity contribution in [1.82, 2.24) is 20.2 Å². The van der Waals surface area contributed by atoms with Crippen LogP contribution in [0.5, 0.6) is 11.5 Å². The lowest BCUT2D eigenvalue weighted by molar-refractivity contribution is -0.253. The number of nitrogens with zero attached hydrogens (tertiary/aromatic N) is 4. The van der Waals surface area contributed by atoms with E-state index in [1.54, 1.807) is 24.5 Å². The molecular weight excluding hydrogens is 644 g/mol. The lowest BCUT2D eigenvalue weighted by atomic mass is 9.99. The topological polar surface area (TPSA) is 121 Å². The lowest BCUT2D eigenvalue weighted by Crippen LogP contribution is -2.50. The fraction of sp³-hybridized carbons (Fsp3) is 0.275. The van der Waals surface area contributed by atoms with E-state index in [0.717, 1.165) is 73.1 Å². The third-order valence-electron chi connectivity index (χ3n) is 9.08. The minimum atomic E-state index is -0.551. The molecule has 262 valence electrons. The largest absolute Gasteiger partial charge is 0.457 e. The van der Waals surface area contributed by atoms with Crippen LogP contribution in [0.15, 0.2) is 122 Å². The first-order valence-corrected chi connectivity index (χ1v) is 17.3. The molecule has 1 aromatic heterocycles. The van der Waals surface area contributed by atoms with Gasteiger partial charge in [0.05, 0.1) is 18.8 Å². The maximum absolute atomic E-state index is 12.7. The van der Waals surface area contributed by atoms with Crippen molar-refractivity contribution in [3.05, 3.63) is 144 Å². The summed E-state index contributed by atoms with van der Waals surface area (Å²) in [4.78, 5) is 26.1. The van der Waals surface area contributed by atoms with Gasteiger partial charge in [-0.2, -0.15) is 0 Å². The number of ether oxygens (including phenoxy) is 3. The molecule has 5 aromatic rings. The first kappa shape index (κ1) is 34.1. The Balaban J connectivity index is 0.944. The monoisotopic (exact) mass is 686 g/mol. The average Bonchev–Trinajstić information content (AvgIpc) is 3.19. The highest BCUT2D eigenvalue weighted by molar-refractivity contribution is 5.89. The smallest absolute Gasteiger partial charge is 0.319 e. The number of urea groups is 1. The normalized spacial score (nSPS) is 19.3. The zero-order chi connectivity index (χ0) is 34.8. The summed E-state index contributed by atoms with van der Waals surface area (Å²) in [5, 5.41) is 15.4. The molecule has 4 aromatic carbocycles. The number of amides is 2. The van der Waals surface area contributed by atoms with Crippen molar-refractivity contribution in [2.24, 2.45) is 0 Å². The molecule has 3 atom stereocenters. The molecule has 2 amide bonds. The zero-order valence-electron chi connectivity index (χ0n) is 28.3. The molecule has 3 N–H and O–H groups in total. The second-order valence-electron chi connectivity index (χ2n) is 12.7. The number of hydrogen-bond donors (Lipinski definition) is 3. The van der Waals surface area contributed by atoms with Gasteiger partial charge in [0.25, 0.3) is 0 Å². The van der Waals surface area contributed by atoms with Gasteiger partial charge in [-0.1, -0.05) is 66.7 Å². The molecule has 3 unspecified atom stereocenters. The molecular formula is C40H42N6O5. The van der Waals surface area contributed by atoms with Crippen LogP contribution in [-0.2, 0) is 22.6 Å². The van der Waals surface area contributed by atoms with Crippen molar-refractivity contribution < 1.29 is 24.1 Å². The highest BCUT2D eigenvalue weighted by Gasteiger charge is 2.34. The minimum absolute atomic E-state index is 0.000738. The number of hydrogen-bond acceptors (Lipinski definition) is 9. The number of benzene rings is 4. The van der Waals surface area contributed by atoms with Crippen molar-refractivity contribution >= 4 is 17.7 Å². The number of carbonyl (C=O) groups is 1. The van der Waals surface area contributed by atoms with Gasteiger partial charge in [0.2, 0.25) is 5.95 Å². The predicted molar refractivity (Wildman–Crippen MR) is 194 cm³/mol. The number of rotatable bonds is 11. The Morgan fingerprint density at radius 2 is 1.43 bits per heavy atom. The first-order valence-electron chi connectivity index (χ1n) is 17.3. The Morgan fingerprint density at radius 1 is 0.765 bits per heavy atom. The summed E-state index contributed by atoms with van der Waals surface area (Å²) in [6.45, 7) is 4.63. The van der Waals surface area contributed by atoms with Gasteiger partial charge >= 0.3 is 6.03 Å². The maximum atomic E-state index is 12.7. The van der Waals surface area contributed by atoms with E-state index in [1.807, 2.05) is 97.1 Å². The molecule has 2 aliphatic rings. The van der Waals surface area contributed by atoms with Gasteiger partial charge in [-0.25, -0.2) is 14.8 Å². The molecule has 11 heteroatoms. The Hall–Kier alpha value is -5.33. The van der Waals surface area contributed by atoms with E-state index in [1.165, 1.54) is 0 Å². The van der Waals surface area contributed by atoms with Crippen molar-refractivity contribution in [2.45, 2.75) is 38.1 Å². The van der Waals surface area contributed by atoms with Gasteiger partial charge in [-0.05, 0) is 59.2 Å². The molecule has 3 heterocycles. The van der Waals surface area contributed by atoms with E-state index in [-0.39, 0.29) is 24.8 Å². The minimum Gasteiger partial charge on any atom is -0.457 e. The molecule has 51 heavy (non-hydrogen) atoms. The lowest BCUT2D eigenvalue weighted by Gasteiger charge is -2.40. The molecule has 2 saturated heterocycles. The number of para-hydroxylation sites is 1. The van der Waals surface area contributed by atoms with Crippen molar-refractivity contribution in [1.29, 1.82) is 0 Å². The second kappa shape index (κ2) is 16.6.